The quantitative estimate of drug-likeness (QED) is 0.284. The lowest BCUT2D eigenvalue weighted by atomic mass is 10.4. The Bertz CT molecular complexity index is 347. The van der Waals surface area contributed by atoms with Crippen molar-refractivity contribution in [3.63, 3.8) is 0 Å². The lowest BCUT2D eigenvalue weighted by molar-refractivity contribution is -0.385. The van der Waals surface area contributed by atoms with Gasteiger partial charge in [0.25, 0.3) is 0 Å². The number of nitro groups is 1. The predicted molar refractivity (Wildman–Crippen MR) is 45.8 cm³/mol. The third-order valence-corrected chi connectivity index (χ3v) is 1.56. The van der Waals surface area contributed by atoms with Crippen molar-refractivity contribution in [1.82, 2.24) is 15.2 Å². The number of hydrogen-bond donors (Lipinski definition) is 2. The van der Waals surface area contributed by atoms with E-state index in [1.54, 1.807) is 0 Å². The van der Waals surface area contributed by atoms with E-state index in [9.17, 15) is 14.9 Å². The molecule has 1 aromatic rings. The minimum atomic E-state index is -0.549. The van der Waals surface area contributed by atoms with Crippen LogP contribution in [0.15, 0.2) is 12.4 Å². The largest absolute Gasteiger partial charge is 0.306 e. The molecule has 0 aliphatic rings. The van der Waals surface area contributed by atoms with Crippen molar-refractivity contribution in [3.05, 3.63) is 22.5 Å². The van der Waals surface area contributed by atoms with E-state index in [1.165, 1.54) is 10.9 Å². The van der Waals surface area contributed by atoms with Gasteiger partial charge < -0.3 is 0 Å². The van der Waals surface area contributed by atoms with Crippen LogP contribution in [0.25, 0.3) is 0 Å². The molecule has 76 valence electrons. The number of carbonyl (C=O) groups excluding carboxylic acids is 1. The van der Waals surface area contributed by atoms with Crippen LogP contribution in [0.3, 0.4) is 0 Å². The summed E-state index contributed by atoms with van der Waals surface area (Å²) in [7, 11) is 0. The maximum Gasteiger partial charge on any atom is 0.306 e. The number of carbonyl (C=O) groups is 1. The van der Waals surface area contributed by atoms with E-state index in [-0.39, 0.29) is 24.6 Å². The first-order chi connectivity index (χ1) is 6.63. The van der Waals surface area contributed by atoms with Gasteiger partial charge in [-0.3, -0.25) is 25.0 Å². The molecule has 1 aromatic heterocycles. The van der Waals surface area contributed by atoms with Gasteiger partial charge in [-0.2, -0.15) is 5.10 Å². The van der Waals surface area contributed by atoms with Crippen LogP contribution in [-0.4, -0.2) is 20.6 Å². The highest BCUT2D eigenvalue weighted by atomic mass is 16.6. The smallest absolute Gasteiger partial charge is 0.294 e. The molecule has 0 spiro atoms. The summed E-state index contributed by atoms with van der Waals surface area (Å²) < 4.78 is 1.31. The number of nitrogens with two attached hydrogens (primary N) is 1. The molecule has 8 nitrogen and oxygen atoms in total. The summed E-state index contributed by atoms with van der Waals surface area (Å²) in [5, 5.41) is 14.0. The van der Waals surface area contributed by atoms with Gasteiger partial charge in [-0.1, -0.05) is 0 Å². The Morgan fingerprint density at radius 3 is 3.00 bits per heavy atom. The molecule has 14 heavy (non-hydrogen) atoms. The summed E-state index contributed by atoms with van der Waals surface area (Å²) in [5.74, 6) is 4.51. The molecule has 0 saturated heterocycles. The van der Waals surface area contributed by atoms with E-state index in [4.69, 9.17) is 5.84 Å². The fourth-order valence-corrected chi connectivity index (χ4v) is 0.857. The number of aryl methyl sites for hydroxylation is 1. The average Bonchev–Trinajstić information content (AvgIpc) is 2.62. The van der Waals surface area contributed by atoms with Crippen molar-refractivity contribution in [2.24, 2.45) is 5.84 Å². The van der Waals surface area contributed by atoms with E-state index < -0.39 is 4.92 Å². The fourth-order valence-electron chi connectivity index (χ4n) is 0.857. The highest BCUT2D eigenvalue weighted by molar-refractivity contribution is 5.74. The normalized spacial score (nSPS) is 9.79. The summed E-state index contributed by atoms with van der Waals surface area (Å²) in [6.45, 7) is 0.261. The van der Waals surface area contributed by atoms with E-state index in [0.29, 0.717) is 0 Å². The molecule has 0 fully saturated rings. The van der Waals surface area contributed by atoms with E-state index >= 15 is 0 Å². The Labute approximate surface area is 78.8 Å². The van der Waals surface area contributed by atoms with Crippen molar-refractivity contribution >= 4 is 11.6 Å². The minimum Gasteiger partial charge on any atom is -0.294 e. The molecule has 8 heteroatoms. The van der Waals surface area contributed by atoms with Crippen molar-refractivity contribution in [2.75, 3.05) is 0 Å². The number of hydrogen-bond acceptors (Lipinski definition) is 5. The van der Waals surface area contributed by atoms with Crippen molar-refractivity contribution < 1.29 is 9.72 Å². The molecular weight excluding hydrogens is 190 g/mol. The molecule has 0 atom stereocenters. The summed E-state index contributed by atoms with van der Waals surface area (Å²) in [4.78, 5) is 20.4. The van der Waals surface area contributed by atoms with Gasteiger partial charge >= 0.3 is 5.69 Å². The number of nitrogens with zero attached hydrogens (tertiary/aromatic N) is 3. The molecule has 0 unspecified atom stereocenters. The van der Waals surface area contributed by atoms with Gasteiger partial charge in [-0.15, -0.1) is 0 Å². The topological polar surface area (TPSA) is 116 Å². The number of hydrazine groups is 1. The second-order valence-electron chi connectivity index (χ2n) is 2.54. The molecule has 1 amide bonds. The first kappa shape index (κ1) is 10.1. The Kier molecular flexibility index (Phi) is 3.13. The lowest BCUT2D eigenvalue weighted by Crippen LogP contribution is -2.30. The van der Waals surface area contributed by atoms with Gasteiger partial charge in [0.05, 0.1) is 4.92 Å². The van der Waals surface area contributed by atoms with Gasteiger partial charge in [0.15, 0.2) is 0 Å². The van der Waals surface area contributed by atoms with Crippen LogP contribution in [-0.2, 0) is 11.3 Å². The van der Waals surface area contributed by atoms with Crippen LogP contribution >= 0.6 is 0 Å². The van der Waals surface area contributed by atoms with Crippen LogP contribution in [0.5, 0.6) is 0 Å². The Morgan fingerprint density at radius 2 is 2.50 bits per heavy atom. The fraction of sp³-hybridized carbons (Fsp3) is 0.333. The summed E-state index contributed by atoms with van der Waals surface area (Å²) in [6, 6.07) is 0. The van der Waals surface area contributed by atoms with Crippen molar-refractivity contribution in [2.45, 2.75) is 13.0 Å². The molecule has 3 N–H and O–H groups in total. The third-order valence-electron chi connectivity index (χ3n) is 1.56. The van der Waals surface area contributed by atoms with Crippen LogP contribution in [0.1, 0.15) is 6.42 Å². The molecular formula is C6H9N5O3. The zero-order valence-corrected chi connectivity index (χ0v) is 7.21. The van der Waals surface area contributed by atoms with Gasteiger partial charge in [-0.05, 0) is 0 Å². The SMILES string of the molecule is NNC(=O)CCn1cc([N+](=O)[O-])cn1. The van der Waals surface area contributed by atoms with Gasteiger partial charge in [0.1, 0.15) is 12.4 Å². The zero-order valence-electron chi connectivity index (χ0n) is 7.21. The molecule has 0 aliphatic carbocycles. The van der Waals surface area contributed by atoms with Crippen molar-refractivity contribution in [3.8, 4) is 0 Å². The first-order valence-corrected chi connectivity index (χ1v) is 3.80. The van der Waals surface area contributed by atoms with Gasteiger partial charge in [-0.25, -0.2) is 5.84 Å². The Balaban J connectivity index is 2.52. The number of aromatic nitrogens is 2. The summed E-state index contributed by atoms with van der Waals surface area (Å²) in [6.07, 6.45) is 2.51. The zero-order chi connectivity index (χ0) is 10.6. The Hall–Kier alpha value is -1.96. The third kappa shape index (κ3) is 2.52. The summed E-state index contributed by atoms with van der Waals surface area (Å²) >= 11 is 0. The molecule has 0 radical (unpaired) electrons. The van der Waals surface area contributed by atoms with E-state index in [1.807, 2.05) is 5.43 Å². The number of amides is 1. The first-order valence-electron chi connectivity index (χ1n) is 3.80. The lowest BCUT2D eigenvalue weighted by Gasteiger charge is -1.98. The van der Waals surface area contributed by atoms with Crippen molar-refractivity contribution in [1.29, 1.82) is 0 Å². The molecule has 0 bridgehead atoms. The Morgan fingerprint density at radius 1 is 1.79 bits per heavy atom. The average molecular weight is 199 g/mol. The minimum absolute atomic E-state index is 0.0989. The van der Waals surface area contributed by atoms with Gasteiger partial charge in [0.2, 0.25) is 5.91 Å². The van der Waals surface area contributed by atoms with Crippen LogP contribution in [0.4, 0.5) is 5.69 Å². The molecule has 0 aliphatic heterocycles. The summed E-state index contributed by atoms with van der Waals surface area (Å²) in [5.41, 5.74) is 1.85. The van der Waals surface area contributed by atoms with Crippen LogP contribution in [0, 0.1) is 10.1 Å². The maximum atomic E-state index is 10.7. The molecule has 1 heterocycles. The predicted octanol–water partition coefficient (Wildman–Crippen LogP) is -0.829. The standard InChI is InChI=1S/C6H9N5O3/c7-9-6(12)1-2-10-4-5(3-8-10)11(13)14/h3-4H,1-2,7H2,(H,9,12). The monoisotopic (exact) mass is 199 g/mol. The van der Waals surface area contributed by atoms with Gasteiger partial charge in [0, 0.05) is 13.0 Å². The number of nitrogens with one attached hydrogen (secondary N) is 1. The van der Waals surface area contributed by atoms with E-state index in [0.717, 1.165) is 6.20 Å². The highest BCUT2D eigenvalue weighted by Crippen LogP contribution is 2.07. The second kappa shape index (κ2) is 4.33. The van der Waals surface area contributed by atoms with E-state index in [2.05, 4.69) is 5.10 Å². The molecule has 0 aromatic carbocycles. The second-order valence-corrected chi connectivity index (χ2v) is 2.54. The molecule has 1 rings (SSSR count). The maximum absolute atomic E-state index is 10.7. The van der Waals surface area contributed by atoms with Crippen LogP contribution < -0.4 is 11.3 Å². The molecule has 0 saturated carbocycles. The highest BCUT2D eigenvalue weighted by Gasteiger charge is 2.08. The number of rotatable bonds is 4. The van der Waals surface area contributed by atoms with Crippen LogP contribution in [0.2, 0.25) is 0 Å².